The molecule has 0 aliphatic rings. The first-order chi connectivity index (χ1) is 15.2. The number of carbonyl (C=O) groups excluding carboxylic acids is 3. The summed E-state index contributed by atoms with van der Waals surface area (Å²) < 4.78 is 32.3. The normalized spacial score (nSPS) is 11.9. The first-order valence-electron chi connectivity index (χ1n) is 9.45. The molecule has 32 heavy (non-hydrogen) atoms. The molecule has 0 radical (unpaired) electrons. The van der Waals surface area contributed by atoms with Crippen LogP contribution in [-0.2, 0) is 19.6 Å². The van der Waals surface area contributed by atoms with Crippen LogP contribution in [0.2, 0.25) is 0 Å². The standard InChI is InChI=1S/C22H20N2O6S2/c1-14(25)16-5-9-18(10-6-16)23-21(26)15(2)30-22(27)17-7-11-19(12-8-17)24-32(28,29)20-4-3-13-31-20/h3-13,15,24H,1-2H3,(H,23,26). The van der Waals surface area contributed by atoms with Crippen molar-refractivity contribution in [2.45, 2.75) is 24.2 Å². The number of ketones is 1. The largest absolute Gasteiger partial charge is 0.449 e. The molecule has 0 aliphatic heterocycles. The van der Waals surface area contributed by atoms with Crippen molar-refractivity contribution in [2.75, 3.05) is 10.0 Å². The second-order valence-electron chi connectivity index (χ2n) is 6.79. The van der Waals surface area contributed by atoms with Crippen LogP contribution in [0.5, 0.6) is 0 Å². The fourth-order valence-corrected chi connectivity index (χ4v) is 4.66. The molecule has 10 heteroatoms. The summed E-state index contributed by atoms with van der Waals surface area (Å²) in [6.45, 7) is 2.88. The second kappa shape index (κ2) is 9.75. The first-order valence-corrected chi connectivity index (χ1v) is 11.8. The summed E-state index contributed by atoms with van der Waals surface area (Å²) in [7, 11) is -3.69. The molecule has 0 fully saturated rings. The Bertz CT molecular complexity index is 1220. The lowest BCUT2D eigenvalue weighted by Crippen LogP contribution is -2.30. The van der Waals surface area contributed by atoms with Gasteiger partial charge in [0.05, 0.1) is 5.56 Å². The Labute approximate surface area is 189 Å². The van der Waals surface area contributed by atoms with Crippen LogP contribution in [-0.4, -0.2) is 32.2 Å². The Hall–Kier alpha value is -3.50. The van der Waals surface area contributed by atoms with Crippen molar-refractivity contribution in [2.24, 2.45) is 0 Å². The van der Waals surface area contributed by atoms with Crippen LogP contribution in [0, 0.1) is 0 Å². The van der Waals surface area contributed by atoms with E-state index in [0.29, 0.717) is 11.3 Å². The van der Waals surface area contributed by atoms with Crippen molar-refractivity contribution >= 4 is 50.4 Å². The molecule has 0 saturated heterocycles. The van der Waals surface area contributed by atoms with Crippen LogP contribution >= 0.6 is 11.3 Å². The Kier molecular flexibility index (Phi) is 7.06. The number of hydrogen-bond acceptors (Lipinski definition) is 7. The van der Waals surface area contributed by atoms with E-state index in [1.54, 1.807) is 35.7 Å². The summed E-state index contributed by atoms with van der Waals surface area (Å²) in [6.07, 6.45) is -1.08. The van der Waals surface area contributed by atoms with Gasteiger partial charge in [0.15, 0.2) is 11.9 Å². The summed E-state index contributed by atoms with van der Waals surface area (Å²) in [4.78, 5) is 35.9. The van der Waals surface area contributed by atoms with Gasteiger partial charge in [-0.25, -0.2) is 13.2 Å². The third-order valence-electron chi connectivity index (χ3n) is 4.34. The predicted octanol–water partition coefficient (Wildman–Crippen LogP) is 3.94. The maximum atomic E-state index is 12.3. The molecule has 1 atom stereocenters. The Morgan fingerprint density at radius 2 is 1.50 bits per heavy atom. The molecule has 166 valence electrons. The molecule has 8 nitrogen and oxygen atoms in total. The summed E-state index contributed by atoms with van der Waals surface area (Å²) in [6, 6.07) is 15.1. The summed E-state index contributed by atoms with van der Waals surface area (Å²) in [5, 5.41) is 4.27. The molecule has 1 heterocycles. The van der Waals surface area contributed by atoms with Gasteiger partial charge < -0.3 is 10.1 Å². The maximum Gasteiger partial charge on any atom is 0.338 e. The highest BCUT2D eigenvalue weighted by atomic mass is 32.2. The Morgan fingerprint density at radius 1 is 0.906 bits per heavy atom. The third kappa shape index (κ3) is 5.80. The molecular weight excluding hydrogens is 452 g/mol. The fourth-order valence-electron chi connectivity index (χ4n) is 2.61. The summed E-state index contributed by atoms with van der Waals surface area (Å²) in [5.74, 6) is -1.35. The molecule has 1 amide bonds. The highest BCUT2D eigenvalue weighted by Crippen LogP contribution is 2.21. The zero-order chi connectivity index (χ0) is 23.3. The number of ether oxygens (including phenoxy) is 1. The molecule has 0 aliphatic carbocycles. The molecule has 0 bridgehead atoms. The van der Waals surface area contributed by atoms with E-state index in [-0.39, 0.29) is 21.2 Å². The summed E-state index contributed by atoms with van der Waals surface area (Å²) >= 11 is 1.09. The average Bonchev–Trinajstić information content (AvgIpc) is 3.30. The van der Waals surface area contributed by atoms with E-state index in [1.807, 2.05) is 0 Å². The fraction of sp³-hybridized carbons (Fsp3) is 0.136. The molecule has 0 saturated carbocycles. The highest BCUT2D eigenvalue weighted by molar-refractivity contribution is 7.94. The molecule has 3 rings (SSSR count). The van der Waals surface area contributed by atoms with E-state index in [0.717, 1.165) is 11.3 Å². The van der Waals surface area contributed by atoms with Crippen LogP contribution < -0.4 is 10.0 Å². The SMILES string of the molecule is CC(=O)c1ccc(NC(=O)C(C)OC(=O)c2ccc(NS(=O)(=O)c3cccs3)cc2)cc1. The van der Waals surface area contributed by atoms with Crippen molar-refractivity contribution in [3.63, 3.8) is 0 Å². The van der Waals surface area contributed by atoms with Gasteiger partial charge in [0, 0.05) is 16.9 Å². The lowest BCUT2D eigenvalue weighted by molar-refractivity contribution is -0.123. The van der Waals surface area contributed by atoms with Crippen molar-refractivity contribution in [3.8, 4) is 0 Å². The van der Waals surface area contributed by atoms with Gasteiger partial charge in [-0.3, -0.25) is 14.3 Å². The van der Waals surface area contributed by atoms with Gasteiger partial charge in [-0.15, -0.1) is 11.3 Å². The predicted molar refractivity (Wildman–Crippen MR) is 122 cm³/mol. The lowest BCUT2D eigenvalue weighted by Gasteiger charge is -2.14. The van der Waals surface area contributed by atoms with Gasteiger partial charge in [-0.1, -0.05) is 6.07 Å². The van der Waals surface area contributed by atoms with E-state index in [9.17, 15) is 22.8 Å². The van der Waals surface area contributed by atoms with Crippen molar-refractivity contribution in [3.05, 3.63) is 77.2 Å². The van der Waals surface area contributed by atoms with E-state index in [1.165, 1.54) is 44.2 Å². The van der Waals surface area contributed by atoms with Gasteiger partial charge in [-0.05, 0) is 73.8 Å². The van der Waals surface area contributed by atoms with Crippen molar-refractivity contribution < 1.29 is 27.5 Å². The smallest absolute Gasteiger partial charge is 0.338 e. The van der Waals surface area contributed by atoms with E-state index in [2.05, 4.69) is 10.0 Å². The Morgan fingerprint density at radius 3 is 2.06 bits per heavy atom. The minimum atomic E-state index is -3.69. The van der Waals surface area contributed by atoms with Gasteiger partial charge in [0.2, 0.25) is 0 Å². The number of nitrogens with one attached hydrogen (secondary N) is 2. The number of carbonyl (C=O) groups is 3. The van der Waals surface area contributed by atoms with Crippen LogP contribution in [0.1, 0.15) is 34.6 Å². The Balaban J connectivity index is 1.57. The number of Topliss-reactive ketones (excluding diaryl/α,β-unsaturated/α-hetero) is 1. The number of anilines is 2. The van der Waals surface area contributed by atoms with Crippen molar-refractivity contribution in [1.82, 2.24) is 0 Å². The number of benzene rings is 2. The van der Waals surface area contributed by atoms with Crippen LogP contribution in [0.15, 0.2) is 70.3 Å². The zero-order valence-corrected chi connectivity index (χ0v) is 18.8. The monoisotopic (exact) mass is 472 g/mol. The number of hydrogen-bond donors (Lipinski definition) is 2. The average molecular weight is 473 g/mol. The van der Waals surface area contributed by atoms with Crippen LogP contribution in [0.25, 0.3) is 0 Å². The van der Waals surface area contributed by atoms with Gasteiger partial charge in [0.25, 0.3) is 15.9 Å². The number of thiophene rings is 1. The number of sulfonamides is 1. The first kappa shape index (κ1) is 23.2. The summed E-state index contributed by atoms with van der Waals surface area (Å²) in [5.41, 5.74) is 1.43. The minimum Gasteiger partial charge on any atom is -0.449 e. The van der Waals surface area contributed by atoms with E-state index >= 15 is 0 Å². The highest BCUT2D eigenvalue weighted by Gasteiger charge is 2.20. The molecular formula is C22H20N2O6S2. The second-order valence-corrected chi connectivity index (χ2v) is 9.64. The molecule has 1 aromatic heterocycles. The van der Waals surface area contributed by atoms with E-state index in [4.69, 9.17) is 4.74 Å². The third-order valence-corrected chi connectivity index (χ3v) is 7.12. The number of rotatable bonds is 8. The van der Waals surface area contributed by atoms with Gasteiger partial charge in [0.1, 0.15) is 4.21 Å². The lowest BCUT2D eigenvalue weighted by atomic mass is 10.1. The quantitative estimate of drug-likeness (QED) is 0.379. The van der Waals surface area contributed by atoms with Gasteiger partial charge >= 0.3 is 5.97 Å². The topological polar surface area (TPSA) is 119 Å². The number of amides is 1. The molecule has 3 aromatic rings. The molecule has 2 N–H and O–H groups in total. The molecule has 0 spiro atoms. The van der Waals surface area contributed by atoms with Crippen LogP contribution in [0.3, 0.4) is 0 Å². The maximum absolute atomic E-state index is 12.3. The number of esters is 1. The van der Waals surface area contributed by atoms with Gasteiger partial charge in [-0.2, -0.15) is 0 Å². The minimum absolute atomic E-state index is 0.0875. The van der Waals surface area contributed by atoms with Crippen molar-refractivity contribution in [1.29, 1.82) is 0 Å². The van der Waals surface area contributed by atoms with E-state index < -0.39 is 28.0 Å². The molecule has 2 aromatic carbocycles. The molecule has 1 unspecified atom stereocenters. The zero-order valence-electron chi connectivity index (χ0n) is 17.2. The van der Waals surface area contributed by atoms with Crippen LogP contribution in [0.4, 0.5) is 11.4 Å².